The van der Waals surface area contributed by atoms with E-state index in [2.05, 4.69) is 19.9 Å². The number of aryl methyl sites for hydroxylation is 1. The van der Waals surface area contributed by atoms with Crippen molar-refractivity contribution in [1.29, 1.82) is 0 Å². The third-order valence-electron chi connectivity index (χ3n) is 3.08. The van der Waals surface area contributed by atoms with Gasteiger partial charge in [-0.05, 0) is 19.1 Å². The molecule has 0 spiro atoms. The molecule has 3 aromatic rings. The van der Waals surface area contributed by atoms with Crippen LogP contribution in [-0.2, 0) is 0 Å². The summed E-state index contributed by atoms with van der Waals surface area (Å²) in [5, 5.41) is 0.558. The first-order valence-electron chi connectivity index (χ1n) is 6.27. The van der Waals surface area contributed by atoms with Gasteiger partial charge in [-0.2, -0.15) is 0 Å². The molecule has 6 heteroatoms. The first-order chi connectivity index (χ1) is 10.2. The molecule has 0 saturated carbocycles. The Balaban J connectivity index is 2.24. The van der Waals surface area contributed by atoms with Crippen LogP contribution in [0.25, 0.3) is 22.3 Å². The number of benzene rings is 1. The summed E-state index contributed by atoms with van der Waals surface area (Å²) in [6.07, 6.45) is 3.21. The molecule has 0 aliphatic heterocycles. The minimum absolute atomic E-state index is 0.0842. The van der Waals surface area contributed by atoms with Crippen molar-refractivity contribution < 1.29 is 14.2 Å². The Morgan fingerprint density at radius 1 is 1.05 bits per heavy atom. The van der Waals surface area contributed by atoms with Crippen LogP contribution in [0, 0.1) is 6.92 Å². The molecule has 0 amide bonds. The Hall–Kier alpha value is -2.76. The van der Waals surface area contributed by atoms with Gasteiger partial charge in [-0.1, -0.05) is 0 Å². The summed E-state index contributed by atoms with van der Waals surface area (Å²) in [5.41, 5.74) is 2.35. The number of nitrogens with zero attached hydrogens (tertiary/aromatic N) is 3. The second-order valence-corrected chi connectivity index (χ2v) is 4.51. The first kappa shape index (κ1) is 13.2. The van der Waals surface area contributed by atoms with Gasteiger partial charge in [0.05, 0.1) is 30.2 Å². The Kier molecular flexibility index (Phi) is 3.35. The molecule has 2 heterocycles. The molecule has 0 atom stereocenters. The SMILES string of the molecule is COc1ccc2c(OF)cc(-c3cncc(C)n3)nc2c1. The molecule has 0 N–H and O–H groups in total. The van der Waals surface area contributed by atoms with E-state index in [4.69, 9.17) is 4.74 Å². The highest BCUT2D eigenvalue weighted by molar-refractivity contribution is 5.88. The lowest BCUT2D eigenvalue weighted by Gasteiger charge is -2.07. The average Bonchev–Trinajstić information content (AvgIpc) is 2.53. The van der Waals surface area contributed by atoms with E-state index in [1.54, 1.807) is 37.7 Å². The van der Waals surface area contributed by atoms with Crippen LogP contribution in [0.2, 0.25) is 0 Å². The number of hydrogen-bond donors (Lipinski definition) is 0. The molecule has 1 aromatic carbocycles. The molecule has 0 fully saturated rings. The summed E-state index contributed by atoms with van der Waals surface area (Å²) in [5.74, 6) is 0.716. The van der Waals surface area contributed by atoms with Gasteiger partial charge in [-0.15, -0.1) is 0 Å². The summed E-state index contributed by atoms with van der Waals surface area (Å²) in [6.45, 7) is 1.83. The highest BCUT2D eigenvalue weighted by Gasteiger charge is 2.11. The van der Waals surface area contributed by atoms with Gasteiger partial charge in [0.15, 0.2) is 5.75 Å². The van der Waals surface area contributed by atoms with Gasteiger partial charge in [-0.25, -0.2) is 9.97 Å². The number of methoxy groups -OCH3 is 1. The van der Waals surface area contributed by atoms with Crippen molar-refractivity contribution in [3.05, 3.63) is 42.4 Å². The van der Waals surface area contributed by atoms with Crippen molar-refractivity contribution in [3.8, 4) is 22.9 Å². The largest absolute Gasteiger partial charge is 0.497 e. The maximum Gasteiger partial charge on any atom is 0.183 e. The predicted molar refractivity (Wildman–Crippen MR) is 75.8 cm³/mol. The second-order valence-electron chi connectivity index (χ2n) is 4.51. The van der Waals surface area contributed by atoms with Crippen molar-refractivity contribution >= 4 is 10.9 Å². The molecule has 2 aromatic heterocycles. The number of halogens is 1. The zero-order valence-electron chi connectivity index (χ0n) is 11.5. The molecule has 5 nitrogen and oxygen atoms in total. The molecule has 0 saturated heterocycles. The van der Waals surface area contributed by atoms with Crippen molar-refractivity contribution in [2.75, 3.05) is 7.11 Å². The molecule has 3 rings (SSSR count). The van der Waals surface area contributed by atoms with E-state index in [1.807, 2.05) is 6.92 Å². The zero-order valence-corrected chi connectivity index (χ0v) is 11.5. The van der Waals surface area contributed by atoms with E-state index >= 15 is 0 Å². The highest BCUT2D eigenvalue weighted by Crippen LogP contribution is 2.31. The lowest BCUT2D eigenvalue weighted by Crippen LogP contribution is -1.94. The summed E-state index contributed by atoms with van der Waals surface area (Å²) in [7, 11) is 1.56. The fourth-order valence-electron chi connectivity index (χ4n) is 2.09. The summed E-state index contributed by atoms with van der Waals surface area (Å²) in [4.78, 5) is 16.8. The van der Waals surface area contributed by atoms with Crippen LogP contribution in [0.3, 0.4) is 0 Å². The minimum atomic E-state index is 0.0842. The molecule has 0 radical (unpaired) electrons. The predicted octanol–water partition coefficient (Wildman–Crippen LogP) is 3.27. The summed E-state index contributed by atoms with van der Waals surface area (Å²) in [6, 6.07) is 6.63. The van der Waals surface area contributed by atoms with Crippen LogP contribution < -0.4 is 9.68 Å². The first-order valence-corrected chi connectivity index (χ1v) is 6.27. The van der Waals surface area contributed by atoms with E-state index in [9.17, 15) is 4.53 Å². The van der Waals surface area contributed by atoms with E-state index in [1.165, 1.54) is 6.07 Å². The van der Waals surface area contributed by atoms with Gasteiger partial charge in [0.25, 0.3) is 0 Å². The molecule has 0 aliphatic rings. The van der Waals surface area contributed by atoms with Crippen LogP contribution in [0.5, 0.6) is 11.5 Å². The van der Waals surface area contributed by atoms with Crippen LogP contribution in [0.1, 0.15) is 5.69 Å². The normalized spacial score (nSPS) is 10.6. The highest BCUT2D eigenvalue weighted by atomic mass is 19.3. The van der Waals surface area contributed by atoms with E-state index < -0.39 is 0 Å². The van der Waals surface area contributed by atoms with Crippen LogP contribution in [0.4, 0.5) is 4.53 Å². The minimum Gasteiger partial charge on any atom is -0.497 e. The molecule has 0 unspecified atom stereocenters. The van der Waals surface area contributed by atoms with Crippen molar-refractivity contribution in [3.63, 3.8) is 0 Å². The zero-order chi connectivity index (χ0) is 14.8. The summed E-state index contributed by atoms with van der Waals surface area (Å²) >= 11 is 0. The van der Waals surface area contributed by atoms with Crippen molar-refractivity contribution in [2.45, 2.75) is 6.92 Å². The Morgan fingerprint density at radius 2 is 1.90 bits per heavy atom. The third kappa shape index (κ3) is 2.47. The van der Waals surface area contributed by atoms with E-state index in [0.717, 1.165) is 5.69 Å². The second kappa shape index (κ2) is 5.32. The van der Waals surface area contributed by atoms with Crippen LogP contribution in [0.15, 0.2) is 36.7 Å². The molecule has 21 heavy (non-hydrogen) atoms. The number of hydrogen-bond acceptors (Lipinski definition) is 5. The van der Waals surface area contributed by atoms with Gasteiger partial charge >= 0.3 is 0 Å². The standard InChI is InChI=1S/C15H12FN3O2/c1-9-7-17-8-14(18-9)13-6-15(21-16)11-4-3-10(20-2)5-12(11)19-13/h3-8H,1-2H3. The lowest BCUT2D eigenvalue weighted by molar-refractivity contribution is -0.00424. The van der Waals surface area contributed by atoms with Gasteiger partial charge in [0, 0.05) is 28.2 Å². The maximum atomic E-state index is 12.8. The third-order valence-corrected chi connectivity index (χ3v) is 3.08. The Bertz CT molecular complexity index is 808. The van der Waals surface area contributed by atoms with Gasteiger partial charge in [-0.3, -0.25) is 9.93 Å². The van der Waals surface area contributed by atoms with Crippen molar-refractivity contribution in [1.82, 2.24) is 15.0 Å². The van der Waals surface area contributed by atoms with Crippen molar-refractivity contribution in [2.24, 2.45) is 0 Å². The molecule has 0 bridgehead atoms. The van der Waals surface area contributed by atoms with Crippen LogP contribution >= 0.6 is 0 Å². The number of pyridine rings is 1. The number of fused-ring (bicyclic) bond motifs is 1. The molecule has 106 valence electrons. The quantitative estimate of drug-likeness (QED) is 0.739. The van der Waals surface area contributed by atoms with Gasteiger partial charge in [0.1, 0.15) is 11.4 Å². The van der Waals surface area contributed by atoms with E-state index in [-0.39, 0.29) is 5.75 Å². The van der Waals surface area contributed by atoms with Gasteiger partial charge < -0.3 is 4.74 Å². The fraction of sp³-hybridized carbons (Fsp3) is 0.133. The average molecular weight is 285 g/mol. The van der Waals surface area contributed by atoms with Gasteiger partial charge in [0.2, 0.25) is 0 Å². The van der Waals surface area contributed by atoms with Crippen LogP contribution in [-0.4, -0.2) is 22.1 Å². The smallest absolute Gasteiger partial charge is 0.183 e. The number of aromatic nitrogens is 3. The number of rotatable bonds is 3. The monoisotopic (exact) mass is 285 g/mol. The topological polar surface area (TPSA) is 57.1 Å². The maximum absolute atomic E-state index is 12.8. The summed E-state index contributed by atoms with van der Waals surface area (Å²) < 4.78 is 18.0. The molecular weight excluding hydrogens is 273 g/mol. The molecule has 0 aliphatic carbocycles. The number of ether oxygens (including phenoxy) is 1. The molecular formula is C15H12FN3O2. The Labute approximate surface area is 120 Å². The fourth-order valence-corrected chi connectivity index (χ4v) is 2.09. The van der Waals surface area contributed by atoms with E-state index in [0.29, 0.717) is 28.0 Å². The Morgan fingerprint density at radius 3 is 2.62 bits per heavy atom. The lowest BCUT2D eigenvalue weighted by atomic mass is 10.1.